The summed E-state index contributed by atoms with van der Waals surface area (Å²) in [6.45, 7) is 7.83. The number of amides is 5. The number of halogens is 1. The fourth-order valence-corrected chi connectivity index (χ4v) is 7.07. The van der Waals surface area contributed by atoms with Gasteiger partial charge >= 0.3 is 6.09 Å². The largest absolute Gasteiger partial charge is 0.444 e. The first-order valence-corrected chi connectivity index (χ1v) is 15.7. The Morgan fingerprint density at radius 2 is 1.64 bits per heavy atom. The fourth-order valence-electron chi connectivity index (χ4n) is 7.07. The lowest BCUT2D eigenvalue weighted by molar-refractivity contribution is -0.136. The molecule has 0 spiro atoms. The van der Waals surface area contributed by atoms with Gasteiger partial charge in [0, 0.05) is 38.0 Å². The van der Waals surface area contributed by atoms with Crippen molar-refractivity contribution in [3.05, 3.63) is 34.9 Å². The lowest BCUT2D eigenvalue weighted by atomic mass is 9.82. The number of nitrogens with zero attached hydrogens (tertiary/aromatic N) is 3. The molecular weight excluding hydrogens is 571 g/mol. The lowest BCUT2D eigenvalue weighted by Gasteiger charge is -2.47. The molecule has 0 aromatic heterocycles. The zero-order chi connectivity index (χ0) is 31.3. The van der Waals surface area contributed by atoms with Gasteiger partial charge in [0.2, 0.25) is 11.8 Å². The maximum Gasteiger partial charge on any atom is 0.410 e. The zero-order valence-corrected chi connectivity index (χ0v) is 25.6. The first-order valence-electron chi connectivity index (χ1n) is 15.7. The molecule has 5 amide bonds. The Bertz CT molecular complexity index is 1350. The first kappa shape index (κ1) is 30.6. The predicted molar refractivity (Wildman–Crippen MR) is 156 cm³/mol. The van der Waals surface area contributed by atoms with Gasteiger partial charge in [-0.05, 0) is 83.5 Å². The normalized spacial score (nSPS) is 30.2. The molecule has 12 heteroatoms. The molecule has 3 saturated heterocycles. The van der Waals surface area contributed by atoms with Crippen molar-refractivity contribution in [2.75, 3.05) is 26.2 Å². The van der Waals surface area contributed by atoms with Crippen LogP contribution in [0.2, 0.25) is 0 Å². The standard InChI is InChI=1S/C32H41FN4O7/c1-32(2,3)44-31(42)35-11-8-20(9-12-35)43-21-15-19(16-21)36-13-10-22(25(33)17-36)18-4-5-23-24(14-18)30(41)37(29(23)40)26-6-7-27(38)34-28(26)39/h4-5,14,19-22,25-26H,6-13,15-17H2,1-3H3,(H,34,38,39)/t19?,21?,22-,25-,26-/m1/s1. The maximum atomic E-state index is 15.6. The second-order valence-electron chi connectivity index (χ2n) is 13.7. The number of alkyl halides is 1. The van der Waals surface area contributed by atoms with Gasteiger partial charge in [0.25, 0.3) is 11.8 Å². The molecule has 5 aliphatic rings. The van der Waals surface area contributed by atoms with E-state index in [1.165, 1.54) is 0 Å². The quantitative estimate of drug-likeness (QED) is 0.503. The van der Waals surface area contributed by atoms with Gasteiger partial charge in [-0.25, -0.2) is 9.18 Å². The molecule has 4 fully saturated rings. The first-order chi connectivity index (χ1) is 20.9. The van der Waals surface area contributed by atoms with Crippen LogP contribution in [0.25, 0.3) is 0 Å². The average molecular weight is 613 g/mol. The van der Waals surface area contributed by atoms with E-state index in [4.69, 9.17) is 9.47 Å². The number of fused-ring (bicyclic) bond motifs is 1. The molecule has 0 radical (unpaired) electrons. The molecule has 0 unspecified atom stereocenters. The van der Waals surface area contributed by atoms with Crippen LogP contribution in [-0.4, -0.2) is 107 Å². The molecule has 1 aromatic rings. The number of hydrogen-bond donors (Lipinski definition) is 1. The number of imide groups is 2. The molecule has 0 bridgehead atoms. The van der Waals surface area contributed by atoms with Gasteiger partial charge < -0.3 is 14.4 Å². The van der Waals surface area contributed by atoms with E-state index in [2.05, 4.69) is 10.2 Å². The van der Waals surface area contributed by atoms with E-state index in [1.807, 2.05) is 20.8 Å². The van der Waals surface area contributed by atoms with Crippen LogP contribution in [-0.2, 0) is 19.1 Å². The van der Waals surface area contributed by atoms with Crippen molar-refractivity contribution >= 4 is 29.7 Å². The van der Waals surface area contributed by atoms with Crippen LogP contribution in [0, 0.1) is 0 Å². The molecular formula is C32H41FN4O7. The fraction of sp³-hybridized carbons (Fsp3) is 0.656. The summed E-state index contributed by atoms with van der Waals surface area (Å²) in [4.78, 5) is 67.3. The molecule has 4 heterocycles. The number of carbonyl (C=O) groups excluding carboxylic acids is 5. The summed E-state index contributed by atoms with van der Waals surface area (Å²) < 4.78 is 27.4. The Balaban J connectivity index is 0.979. The van der Waals surface area contributed by atoms with E-state index in [1.54, 1.807) is 23.1 Å². The Morgan fingerprint density at radius 3 is 2.30 bits per heavy atom. The van der Waals surface area contributed by atoms with Crippen LogP contribution < -0.4 is 5.32 Å². The summed E-state index contributed by atoms with van der Waals surface area (Å²) in [6.07, 6.45) is 2.84. The van der Waals surface area contributed by atoms with Crippen molar-refractivity contribution in [1.82, 2.24) is 20.0 Å². The van der Waals surface area contributed by atoms with Crippen molar-refractivity contribution in [1.29, 1.82) is 0 Å². The molecule has 3 atom stereocenters. The van der Waals surface area contributed by atoms with Crippen molar-refractivity contribution in [2.24, 2.45) is 0 Å². The molecule has 4 aliphatic heterocycles. The van der Waals surface area contributed by atoms with Gasteiger partial charge in [0.1, 0.15) is 17.8 Å². The Labute approximate surface area is 256 Å². The van der Waals surface area contributed by atoms with E-state index in [9.17, 15) is 24.0 Å². The molecule has 1 N–H and O–H groups in total. The van der Waals surface area contributed by atoms with Crippen molar-refractivity contribution in [3.63, 3.8) is 0 Å². The minimum atomic E-state index is -1.13. The topological polar surface area (TPSA) is 126 Å². The number of rotatable bonds is 5. The Hall–Kier alpha value is -3.38. The Kier molecular flexibility index (Phi) is 8.25. The molecule has 1 saturated carbocycles. The van der Waals surface area contributed by atoms with Crippen molar-refractivity contribution < 1.29 is 37.8 Å². The second kappa shape index (κ2) is 11.8. The van der Waals surface area contributed by atoms with Crippen molar-refractivity contribution in [2.45, 2.75) is 108 Å². The highest BCUT2D eigenvalue weighted by atomic mass is 19.1. The summed E-state index contributed by atoms with van der Waals surface area (Å²) >= 11 is 0. The van der Waals surface area contributed by atoms with Gasteiger partial charge in [-0.1, -0.05) is 6.07 Å². The SMILES string of the molecule is CC(C)(C)OC(=O)N1CCC(OC2CC(N3CC[C@H](c4ccc5c(c4)C(=O)N([C@@H]4CCC(=O)NC4=O)C5=O)[C@H](F)C3)C2)CC1. The predicted octanol–water partition coefficient (Wildman–Crippen LogP) is 3.16. The minimum absolute atomic E-state index is 0.0558. The smallest absolute Gasteiger partial charge is 0.410 e. The third-order valence-electron chi connectivity index (χ3n) is 9.53. The molecule has 238 valence electrons. The van der Waals surface area contributed by atoms with Crippen LogP contribution >= 0.6 is 0 Å². The maximum absolute atomic E-state index is 15.6. The number of carbonyl (C=O) groups is 5. The molecule has 6 rings (SSSR count). The summed E-state index contributed by atoms with van der Waals surface area (Å²) in [7, 11) is 0. The number of nitrogens with one attached hydrogen (secondary N) is 1. The second-order valence-corrected chi connectivity index (χ2v) is 13.7. The summed E-state index contributed by atoms with van der Waals surface area (Å²) in [5.74, 6) is -2.61. The van der Waals surface area contributed by atoms with Crippen LogP contribution in [0.4, 0.5) is 9.18 Å². The van der Waals surface area contributed by atoms with E-state index >= 15 is 4.39 Å². The van der Waals surface area contributed by atoms with Gasteiger partial charge in [0.05, 0.1) is 23.3 Å². The minimum Gasteiger partial charge on any atom is -0.444 e. The third kappa shape index (κ3) is 6.10. The van der Waals surface area contributed by atoms with Crippen LogP contribution in [0.5, 0.6) is 0 Å². The van der Waals surface area contributed by atoms with Gasteiger partial charge in [0.15, 0.2) is 0 Å². The summed E-state index contributed by atoms with van der Waals surface area (Å²) in [5.41, 5.74) is 0.546. The van der Waals surface area contributed by atoms with E-state index in [0.717, 1.165) is 37.1 Å². The highest BCUT2D eigenvalue weighted by Gasteiger charge is 2.46. The van der Waals surface area contributed by atoms with Gasteiger partial charge in [-0.15, -0.1) is 0 Å². The number of likely N-dealkylation sites (tertiary alicyclic amines) is 2. The third-order valence-corrected chi connectivity index (χ3v) is 9.53. The van der Waals surface area contributed by atoms with Crippen LogP contribution in [0.3, 0.4) is 0 Å². The van der Waals surface area contributed by atoms with Crippen LogP contribution in [0.15, 0.2) is 18.2 Å². The number of ether oxygens (including phenoxy) is 2. The highest BCUT2D eigenvalue weighted by molar-refractivity contribution is 6.23. The number of hydrogen-bond acceptors (Lipinski definition) is 8. The monoisotopic (exact) mass is 612 g/mol. The summed E-state index contributed by atoms with van der Waals surface area (Å²) in [5, 5.41) is 2.20. The molecule has 11 nitrogen and oxygen atoms in total. The van der Waals surface area contributed by atoms with E-state index in [0.29, 0.717) is 31.6 Å². The zero-order valence-electron chi connectivity index (χ0n) is 25.6. The van der Waals surface area contributed by atoms with E-state index < -0.39 is 47.4 Å². The lowest BCUT2D eigenvalue weighted by Crippen LogP contribution is -2.54. The average Bonchev–Trinajstić information content (AvgIpc) is 3.18. The highest BCUT2D eigenvalue weighted by Crippen LogP contribution is 2.38. The Morgan fingerprint density at radius 1 is 0.932 bits per heavy atom. The molecule has 1 aliphatic carbocycles. The van der Waals surface area contributed by atoms with Crippen LogP contribution in [0.1, 0.15) is 97.9 Å². The molecule has 44 heavy (non-hydrogen) atoms. The van der Waals surface area contributed by atoms with Gasteiger partial charge in [-0.2, -0.15) is 0 Å². The van der Waals surface area contributed by atoms with E-state index in [-0.39, 0.29) is 48.3 Å². The van der Waals surface area contributed by atoms with Gasteiger partial charge in [-0.3, -0.25) is 34.3 Å². The van der Waals surface area contributed by atoms with Crippen molar-refractivity contribution in [3.8, 4) is 0 Å². The molecule has 1 aromatic carbocycles. The summed E-state index contributed by atoms with van der Waals surface area (Å²) in [6, 6.07) is 4.12. The number of benzene rings is 1. The number of piperidine rings is 3.